The third kappa shape index (κ3) is 3.50. The number of halogens is 1. The molecule has 0 aliphatic rings. The zero-order valence-electron chi connectivity index (χ0n) is 11.2. The number of hydrogen-bond acceptors (Lipinski definition) is 1. The summed E-state index contributed by atoms with van der Waals surface area (Å²) in [4.78, 5) is 12.0. The first-order valence-electron chi connectivity index (χ1n) is 6.37. The number of aryl methyl sites for hydroxylation is 2. The van der Waals surface area contributed by atoms with E-state index in [0.29, 0.717) is 12.0 Å². The van der Waals surface area contributed by atoms with Gasteiger partial charge < -0.3 is 0 Å². The van der Waals surface area contributed by atoms with Crippen LogP contribution in [-0.4, -0.2) is 5.78 Å². The van der Waals surface area contributed by atoms with Crippen LogP contribution in [0, 0.1) is 19.7 Å². The SMILES string of the molecule is Cc1ccc(C)c(CC(=O)Cc2ccccc2F)c1. The Bertz CT molecular complexity index is 602. The fourth-order valence-corrected chi connectivity index (χ4v) is 2.12. The maximum absolute atomic E-state index is 13.5. The highest BCUT2D eigenvalue weighted by Gasteiger charge is 2.10. The van der Waals surface area contributed by atoms with Crippen LogP contribution < -0.4 is 0 Å². The average molecular weight is 256 g/mol. The standard InChI is InChI=1S/C17H17FO/c1-12-7-8-13(2)15(9-12)11-16(19)10-14-5-3-4-6-17(14)18/h3-9H,10-11H2,1-2H3. The van der Waals surface area contributed by atoms with Crippen LogP contribution in [0.1, 0.15) is 22.3 Å². The van der Waals surface area contributed by atoms with Gasteiger partial charge in [0.2, 0.25) is 0 Å². The van der Waals surface area contributed by atoms with E-state index in [1.54, 1.807) is 18.2 Å². The topological polar surface area (TPSA) is 17.1 Å². The Morgan fingerprint density at radius 2 is 1.68 bits per heavy atom. The van der Waals surface area contributed by atoms with Crippen molar-refractivity contribution >= 4 is 5.78 Å². The fourth-order valence-electron chi connectivity index (χ4n) is 2.12. The number of Topliss-reactive ketones (excluding diaryl/α,β-unsaturated/α-hetero) is 1. The van der Waals surface area contributed by atoms with Gasteiger partial charge in [-0.2, -0.15) is 0 Å². The molecular formula is C17H17FO. The molecule has 0 spiro atoms. The van der Waals surface area contributed by atoms with E-state index in [-0.39, 0.29) is 18.0 Å². The quantitative estimate of drug-likeness (QED) is 0.813. The lowest BCUT2D eigenvalue weighted by Gasteiger charge is -2.07. The van der Waals surface area contributed by atoms with Crippen molar-refractivity contribution in [2.45, 2.75) is 26.7 Å². The number of carbonyl (C=O) groups excluding carboxylic acids is 1. The Balaban J connectivity index is 2.10. The molecule has 0 atom stereocenters. The zero-order chi connectivity index (χ0) is 13.8. The van der Waals surface area contributed by atoms with Crippen LogP contribution in [0.4, 0.5) is 4.39 Å². The first kappa shape index (κ1) is 13.5. The second-order valence-corrected chi connectivity index (χ2v) is 4.91. The molecule has 0 N–H and O–H groups in total. The van der Waals surface area contributed by atoms with Gasteiger partial charge in [-0.25, -0.2) is 4.39 Å². The van der Waals surface area contributed by atoms with E-state index in [4.69, 9.17) is 0 Å². The Hall–Kier alpha value is -1.96. The van der Waals surface area contributed by atoms with Gasteiger partial charge in [0.15, 0.2) is 0 Å². The molecule has 2 heteroatoms. The van der Waals surface area contributed by atoms with Crippen molar-refractivity contribution in [3.8, 4) is 0 Å². The molecule has 0 saturated heterocycles. The van der Waals surface area contributed by atoms with Gasteiger partial charge in [-0.1, -0.05) is 42.0 Å². The predicted molar refractivity (Wildman–Crippen MR) is 74.7 cm³/mol. The predicted octanol–water partition coefficient (Wildman–Crippen LogP) is 3.80. The van der Waals surface area contributed by atoms with E-state index < -0.39 is 0 Å². The molecule has 0 bridgehead atoms. The summed E-state index contributed by atoms with van der Waals surface area (Å²) < 4.78 is 13.5. The van der Waals surface area contributed by atoms with Gasteiger partial charge in [0, 0.05) is 12.8 Å². The van der Waals surface area contributed by atoms with Gasteiger partial charge >= 0.3 is 0 Å². The number of benzene rings is 2. The van der Waals surface area contributed by atoms with E-state index in [9.17, 15) is 9.18 Å². The minimum Gasteiger partial charge on any atom is -0.299 e. The van der Waals surface area contributed by atoms with Crippen LogP contribution in [0.25, 0.3) is 0 Å². The summed E-state index contributed by atoms with van der Waals surface area (Å²) in [5, 5.41) is 0. The molecule has 0 aliphatic carbocycles. The van der Waals surface area contributed by atoms with Gasteiger partial charge in [0.1, 0.15) is 11.6 Å². The number of ketones is 1. The number of carbonyl (C=O) groups is 1. The van der Waals surface area contributed by atoms with Crippen molar-refractivity contribution in [3.05, 3.63) is 70.5 Å². The molecule has 0 amide bonds. The molecule has 0 aliphatic heterocycles. The van der Waals surface area contributed by atoms with Gasteiger partial charge in [-0.3, -0.25) is 4.79 Å². The van der Waals surface area contributed by atoms with Crippen molar-refractivity contribution in [1.29, 1.82) is 0 Å². The molecule has 2 aromatic rings. The second kappa shape index (κ2) is 5.79. The third-order valence-corrected chi connectivity index (χ3v) is 3.24. The number of rotatable bonds is 4. The number of hydrogen-bond donors (Lipinski definition) is 0. The van der Waals surface area contributed by atoms with E-state index >= 15 is 0 Å². The van der Waals surface area contributed by atoms with Crippen LogP contribution in [0.15, 0.2) is 42.5 Å². The second-order valence-electron chi connectivity index (χ2n) is 4.91. The van der Waals surface area contributed by atoms with E-state index in [1.807, 2.05) is 32.0 Å². The van der Waals surface area contributed by atoms with Crippen LogP contribution >= 0.6 is 0 Å². The maximum atomic E-state index is 13.5. The highest BCUT2D eigenvalue weighted by Crippen LogP contribution is 2.14. The first-order valence-corrected chi connectivity index (χ1v) is 6.37. The highest BCUT2D eigenvalue weighted by atomic mass is 19.1. The third-order valence-electron chi connectivity index (χ3n) is 3.24. The lowest BCUT2D eigenvalue weighted by molar-refractivity contribution is -0.117. The van der Waals surface area contributed by atoms with Crippen LogP contribution in [0.2, 0.25) is 0 Å². The summed E-state index contributed by atoms with van der Waals surface area (Å²) in [6.45, 7) is 4.00. The Morgan fingerprint density at radius 3 is 2.42 bits per heavy atom. The van der Waals surface area contributed by atoms with Crippen LogP contribution in [-0.2, 0) is 17.6 Å². The van der Waals surface area contributed by atoms with Crippen LogP contribution in [0.3, 0.4) is 0 Å². The molecule has 0 aromatic heterocycles. The molecule has 98 valence electrons. The summed E-state index contributed by atoms with van der Waals surface area (Å²) in [6, 6.07) is 12.5. The summed E-state index contributed by atoms with van der Waals surface area (Å²) in [6.07, 6.45) is 0.516. The van der Waals surface area contributed by atoms with Crippen molar-refractivity contribution in [1.82, 2.24) is 0 Å². The Kier molecular flexibility index (Phi) is 4.10. The zero-order valence-corrected chi connectivity index (χ0v) is 11.2. The monoisotopic (exact) mass is 256 g/mol. The maximum Gasteiger partial charge on any atom is 0.141 e. The van der Waals surface area contributed by atoms with Crippen molar-refractivity contribution < 1.29 is 9.18 Å². The first-order chi connectivity index (χ1) is 9.06. The summed E-state index contributed by atoms with van der Waals surface area (Å²) in [5.74, 6) is -0.268. The molecule has 1 nitrogen and oxygen atoms in total. The fraction of sp³-hybridized carbons (Fsp3) is 0.235. The molecule has 2 rings (SSSR count). The van der Waals surface area contributed by atoms with E-state index in [2.05, 4.69) is 0 Å². The molecule has 0 radical (unpaired) electrons. The average Bonchev–Trinajstić information content (AvgIpc) is 2.37. The van der Waals surface area contributed by atoms with Gasteiger partial charge in [0.05, 0.1) is 0 Å². The Morgan fingerprint density at radius 1 is 1.00 bits per heavy atom. The Labute approximate surface area is 113 Å². The van der Waals surface area contributed by atoms with Crippen molar-refractivity contribution in [2.24, 2.45) is 0 Å². The smallest absolute Gasteiger partial charge is 0.141 e. The largest absolute Gasteiger partial charge is 0.299 e. The molecule has 2 aromatic carbocycles. The lowest BCUT2D eigenvalue weighted by Crippen LogP contribution is -2.09. The molecule has 19 heavy (non-hydrogen) atoms. The molecule has 0 saturated carbocycles. The van der Waals surface area contributed by atoms with E-state index in [1.165, 1.54) is 6.07 Å². The van der Waals surface area contributed by atoms with E-state index in [0.717, 1.165) is 16.7 Å². The van der Waals surface area contributed by atoms with Gasteiger partial charge in [0.25, 0.3) is 0 Å². The van der Waals surface area contributed by atoms with Gasteiger partial charge in [-0.05, 0) is 36.6 Å². The normalized spacial score (nSPS) is 10.5. The minimum absolute atomic E-state index is 0.0406. The summed E-state index contributed by atoms with van der Waals surface area (Å²) in [5.41, 5.74) is 3.74. The van der Waals surface area contributed by atoms with Crippen molar-refractivity contribution in [2.75, 3.05) is 0 Å². The lowest BCUT2D eigenvalue weighted by atomic mass is 9.98. The highest BCUT2D eigenvalue weighted by molar-refractivity contribution is 5.83. The van der Waals surface area contributed by atoms with Crippen molar-refractivity contribution in [3.63, 3.8) is 0 Å². The minimum atomic E-state index is -0.309. The summed E-state index contributed by atoms with van der Waals surface area (Å²) in [7, 11) is 0. The van der Waals surface area contributed by atoms with Crippen LogP contribution in [0.5, 0.6) is 0 Å². The molecule has 0 heterocycles. The summed E-state index contributed by atoms with van der Waals surface area (Å²) >= 11 is 0. The molecular weight excluding hydrogens is 239 g/mol. The molecule has 0 fully saturated rings. The molecule has 0 unspecified atom stereocenters. The van der Waals surface area contributed by atoms with Gasteiger partial charge in [-0.15, -0.1) is 0 Å².